The summed E-state index contributed by atoms with van der Waals surface area (Å²) in [6.07, 6.45) is 67.6. The molecule has 0 aliphatic carbocycles. The predicted octanol–water partition coefficient (Wildman–Crippen LogP) is 17.4. The van der Waals surface area contributed by atoms with Crippen LogP contribution in [0.25, 0.3) is 0 Å². The molecule has 0 aromatic carbocycles. The van der Waals surface area contributed by atoms with Crippen molar-refractivity contribution < 1.29 is 64.6 Å². The van der Waals surface area contributed by atoms with E-state index in [1.54, 1.807) is 6.08 Å². The molecule has 0 aromatic heterocycles. The van der Waals surface area contributed by atoms with Crippen molar-refractivity contribution in [3.05, 3.63) is 48.6 Å². The average Bonchev–Trinajstić information content (AvgIpc) is 0.854. The van der Waals surface area contributed by atoms with Gasteiger partial charge < -0.3 is 65.1 Å². The van der Waals surface area contributed by atoms with Gasteiger partial charge in [-0.2, -0.15) is 0 Å². The molecule has 546 valence electrons. The van der Waals surface area contributed by atoms with Gasteiger partial charge in [0.15, 0.2) is 12.6 Å². The highest BCUT2D eigenvalue weighted by molar-refractivity contribution is 5.76. The number of carbonyl (C=O) groups is 1. The minimum atomic E-state index is -1.79. The highest BCUT2D eigenvalue weighted by Crippen LogP contribution is 2.30. The number of hydrogen-bond donors (Lipinski definition) is 9. The second-order valence-electron chi connectivity index (χ2n) is 27.8. The first-order valence-electron chi connectivity index (χ1n) is 39.4. The van der Waals surface area contributed by atoms with Crippen LogP contribution in [0.3, 0.4) is 0 Å². The van der Waals surface area contributed by atoms with Crippen LogP contribution in [-0.4, -0.2) is 140 Å². The number of aliphatic hydroxyl groups excluding tert-OH is 8. The number of unbranched alkanes of at least 4 members (excludes halogenated alkanes) is 47. The largest absolute Gasteiger partial charge is 0.394 e. The summed E-state index contributed by atoms with van der Waals surface area (Å²) in [6, 6.07) is -0.934. The van der Waals surface area contributed by atoms with E-state index in [4.69, 9.17) is 18.9 Å². The van der Waals surface area contributed by atoms with Crippen LogP contribution in [0.15, 0.2) is 48.6 Å². The minimum absolute atomic E-state index is 0.244. The van der Waals surface area contributed by atoms with Crippen molar-refractivity contribution in [2.45, 2.75) is 428 Å². The fourth-order valence-electron chi connectivity index (χ4n) is 13.0. The van der Waals surface area contributed by atoms with Gasteiger partial charge in [0, 0.05) is 6.42 Å². The highest BCUT2D eigenvalue weighted by Gasteiger charge is 2.51. The third-order valence-electron chi connectivity index (χ3n) is 19.2. The number of amides is 1. The molecule has 9 N–H and O–H groups in total. The normalized spacial score (nSPS) is 22.8. The summed E-state index contributed by atoms with van der Waals surface area (Å²) >= 11 is 0. The lowest BCUT2D eigenvalue weighted by atomic mass is 9.97. The van der Waals surface area contributed by atoms with E-state index in [0.717, 1.165) is 38.5 Å². The summed E-state index contributed by atoms with van der Waals surface area (Å²) in [5.41, 5.74) is 0. The maximum absolute atomic E-state index is 13.4. The molecule has 2 rings (SSSR count). The summed E-state index contributed by atoms with van der Waals surface area (Å²) < 4.78 is 22.9. The summed E-state index contributed by atoms with van der Waals surface area (Å²) in [6.45, 7) is 2.83. The molecule has 2 aliphatic rings. The van der Waals surface area contributed by atoms with Crippen LogP contribution in [0.2, 0.25) is 0 Å². The molecular formula is C79H147NO13. The van der Waals surface area contributed by atoms with E-state index in [1.807, 2.05) is 6.08 Å². The Bertz CT molecular complexity index is 1750. The molecule has 0 saturated carbocycles. The zero-order valence-electron chi connectivity index (χ0n) is 59.8. The lowest BCUT2D eigenvalue weighted by Gasteiger charge is -2.46. The fraction of sp³-hybridized carbons (Fsp3) is 0.886. The Hall–Kier alpha value is -2.05. The average molecular weight is 1320 g/mol. The molecule has 12 atom stereocenters. The van der Waals surface area contributed by atoms with Crippen LogP contribution >= 0.6 is 0 Å². The number of allylic oxidation sites excluding steroid dienone is 7. The van der Waals surface area contributed by atoms with Gasteiger partial charge in [-0.25, -0.2) is 0 Å². The Morgan fingerprint density at radius 1 is 0.387 bits per heavy atom. The topological polar surface area (TPSA) is 228 Å². The third kappa shape index (κ3) is 46.8. The quantitative estimate of drug-likeness (QED) is 0.0204. The highest BCUT2D eigenvalue weighted by atomic mass is 16.7. The summed E-state index contributed by atoms with van der Waals surface area (Å²) in [4.78, 5) is 13.4. The van der Waals surface area contributed by atoms with E-state index in [9.17, 15) is 45.6 Å². The SMILES string of the molecule is CCCCCCC/C=C\C/C=C\CCCCCCCCCCCCCCCCCCCC(=O)NC(COC1OC(CO)C(OC2OC(CO)C(O)C(O)C2O)C(O)C1O)C(O)/C=C/CC/C=C/CCCCCCCCCCCCCCCCCCCCCCCCCC. The van der Waals surface area contributed by atoms with Gasteiger partial charge in [0.05, 0.1) is 32.0 Å². The van der Waals surface area contributed by atoms with Gasteiger partial charge in [0.2, 0.25) is 5.91 Å². The van der Waals surface area contributed by atoms with E-state index < -0.39 is 86.8 Å². The molecule has 0 aromatic rings. The number of ether oxygens (including phenoxy) is 4. The zero-order valence-corrected chi connectivity index (χ0v) is 59.8. The Morgan fingerprint density at radius 3 is 1.12 bits per heavy atom. The maximum atomic E-state index is 13.4. The summed E-state index contributed by atoms with van der Waals surface area (Å²) in [5.74, 6) is -0.244. The van der Waals surface area contributed by atoms with E-state index in [-0.39, 0.29) is 18.9 Å². The molecular weight excluding hydrogens is 1170 g/mol. The number of carbonyl (C=O) groups excluding carboxylic acids is 1. The Labute approximate surface area is 569 Å². The molecule has 93 heavy (non-hydrogen) atoms. The predicted molar refractivity (Wildman–Crippen MR) is 383 cm³/mol. The molecule has 12 unspecified atom stereocenters. The molecule has 2 saturated heterocycles. The van der Waals surface area contributed by atoms with Crippen molar-refractivity contribution in [3.8, 4) is 0 Å². The zero-order chi connectivity index (χ0) is 67.3. The number of nitrogens with one attached hydrogen (secondary N) is 1. The van der Waals surface area contributed by atoms with Crippen LogP contribution in [-0.2, 0) is 23.7 Å². The van der Waals surface area contributed by atoms with E-state index in [2.05, 4.69) is 55.6 Å². The molecule has 0 radical (unpaired) electrons. The standard InChI is InChI=1S/C79H147NO13/c1-3-5-7-9-11-13-15-17-19-21-23-25-27-29-31-33-35-36-38-40-42-44-46-48-50-52-54-56-58-60-62-68(83)67(66-90-78-76(89)74(87)77(70(65-82)92-78)93-79-75(88)73(86)72(85)69(64-81)91-79)80-71(84)63-61-59-57-55-53-51-49-47-45-43-41-39-37-34-32-30-28-26-24-22-20-18-16-14-12-10-8-6-4-2/h16,18,22,24,52,54,60,62,67-70,72-79,81-83,85-89H,3-15,17,19-21,23,25-51,53,55-59,61,63-66H2,1-2H3,(H,80,84)/b18-16-,24-22-,54-52+,62-60+. The monoisotopic (exact) mass is 1320 g/mol. The third-order valence-corrected chi connectivity index (χ3v) is 19.2. The number of rotatable bonds is 66. The molecule has 2 heterocycles. The van der Waals surface area contributed by atoms with Gasteiger partial charge in [-0.05, 0) is 64.2 Å². The van der Waals surface area contributed by atoms with Crippen molar-refractivity contribution in [3.63, 3.8) is 0 Å². The van der Waals surface area contributed by atoms with Crippen LogP contribution in [0.1, 0.15) is 354 Å². The van der Waals surface area contributed by atoms with Crippen LogP contribution in [0.4, 0.5) is 0 Å². The number of aliphatic hydroxyl groups is 8. The molecule has 2 aliphatic heterocycles. The first kappa shape index (κ1) is 87.0. The van der Waals surface area contributed by atoms with Crippen molar-refractivity contribution >= 4 is 5.91 Å². The molecule has 1 amide bonds. The Kier molecular flexibility index (Phi) is 59.3. The van der Waals surface area contributed by atoms with E-state index in [0.29, 0.717) is 12.8 Å². The Balaban J connectivity index is 1.64. The first-order chi connectivity index (χ1) is 45.6. The van der Waals surface area contributed by atoms with Crippen molar-refractivity contribution in [1.82, 2.24) is 5.32 Å². The van der Waals surface area contributed by atoms with Crippen LogP contribution in [0.5, 0.6) is 0 Å². The molecule has 2 fully saturated rings. The van der Waals surface area contributed by atoms with Gasteiger partial charge in [-0.3, -0.25) is 4.79 Å². The van der Waals surface area contributed by atoms with Crippen molar-refractivity contribution in [2.24, 2.45) is 0 Å². The second kappa shape index (κ2) is 63.4. The molecule has 0 spiro atoms. The lowest BCUT2D eigenvalue weighted by molar-refractivity contribution is -0.359. The fourth-order valence-corrected chi connectivity index (χ4v) is 13.0. The molecule has 0 bridgehead atoms. The molecule has 14 heteroatoms. The Morgan fingerprint density at radius 2 is 0.720 bits per heavy atom. The van der Waals surface area contributed by atoms with Gasteiger partial charge in [-0.15, -0.1) is 0 Å². The van der Waals surface area contributed by atoms with E-state index >= 15 is 0 Å². The van der Waals surface area contributed by atoms with E-state index in [1.165, 1.54) is 283 Å². The number of hydrogen-bond acceptors (Lipinski definition) is 13. The van der Waals surface area contributed by atoms with Crippen molar-refractivity contribution in [2.75, 3.05) is 19.8 Å². The first-order valence-corrected chi connectivity index (χ1v) is 39.4. The molecule has 14 nitrogen and oxygen atoms in total. The maximum Gasteiger partial charge on any atom is 0.220 e. The van der Waals surface area contributed by atoms with Crippen LogP contribution < -0.4 is 5.32 Å². The summed E-state index contributed by atoms with van der Waals surface area (Å²) in [5, 5.41) is 87.6. The van der Waals surface area contributed by atoms with Crippen LogP contribution in [0, 0.1) is 0 Å². The van der Waals surface area contributed by atoms with Crippen molar-refractivity contribution in [1.29, 1.82) is 0 Å². The van der Waals surface area contributed by atoms with Gasteiger partial charge in [0.1, 0.15) is 48.8 Å². The second-order valence-corrected chi connectivity index (χ2v) is 27.8. The smallest absolute Gasteiger partial charge is 0.220 e. The van der Waals surface area contributed by atoms with Gasteiger partial charge >= 0.3 is 0 Å². The minimum Gasteiger partial charge on any atom is -0.394 e. The summed E-state index contributed by atoms with van der Waals surface area (Å²) in [7, 11) is 0. The van der Waals surface area contributed by atoms with Gasteiger partial charge in [0.25, 0.3) is 0 Å². The van der Waals surface area contributed by atoms with Gasteiger partial charge in [-0.1, -0.05) is 332 Å². The lowest BCUT2D eigenvalue weighted by Crippen LogP contribution is -2.65.